The van der Waals surface area contributed by atoms with E-state index >= 15 is 0 Å². The lowest BCUT2D eigenvalue weighted by atomic mass is 10.3. The van der Waals surface area contributed by atoms with Gasteiger partial charge in [0.1, 0.15) is 0 Å². The van der Waals surface area contributed by atoms with Crippen LogP contribution in [0.15, 0.2) is 38.9 Å². The number of thiazole rings is 1. The van der Waals surface area contributed by atoms with Crippen molar-refractivity contribution >= 4 is 34.8 Å². The average molecular weight is 365 g/mol. The minimum atomic E-state index is -0.168. The second kappa shape index (κ2) is 9.66. The minimum absolute atomic E-state index is 0.168. The Bertz CT molecular complexity index is 638. The maximum absolute atomic E-state index is 11.9. The topological polar surface area (TPSA) is 57.3 Å². The Kier molecular flexibility index (Phi) is 7.55. The van der Waals surface area contributed by atoms with Crippen LogP contribution in [0.5, 0.6) is 0 Å². The molecule has 0 unspecified atom stereocenters. The van der Waals surface area contributed by atoms with Crippen LogP contribution >= 0.6 is 23.1 Å². The van der Waals surface area contributed by atoms with Crippen LogP contribution in [-0.4, -0.2) is 42.1 Å². The molecule has 1 aromatic carbocycles. The number of carbonyl (C=O) groups excluding carboxylic acids is 1. The molecule has 1 heterocycles. The highest BCUT2D eigenvalue weighted by molar-refractivity contribution is 8.01. The first-order chi connectivity index (χ1) is 11.6. The summed E-state index contributed by atoms with van der Waals surface area (Å²) >= 11 is 3.27. The largest absolute Gasteiger partial charge is 0.337 e. The fraction of sp³-hybridized carbons (Fsp3) is 0.412. The maximum atomic E-state index is 11.9. The molecule has 5 nitrogen and oxygen atoms in total. The SMILES string of the molecule is CCN(CC)CCNC(=O)Nc1ccc(Sc2nc(C)cs2)cc1. The quantitative estimate of drug-likeness (QED) is 0.741. The minimum Gasteiger partial charge on any atom is -0.337 e. The number of hydrogen-bond acceptors (Lipinski definition) is 5. The number of benzene rings is 1. The van der Waals surface area contributed by atoms with E-state index in [4.69, 9.17) is 0 Å². The second-order valence-corrected chi connectivity index (χ2v) is 7.47. The number of rotatable bonds is 8. The van der Waals surface area contributed by atoms with Gasteiger partial charge in [0.15, 0.2) is 4.34 Å². The summed E-state index contributed by atoms with van der Waals surface area (Å²) in [6.45, 7) is 9.74. The van der Waals surface area contributed by atoms with Gasteiger partial charge in [0.2, 0.25) is 0 Å². The lowest BCUT2D eigenvalue weighted by molar-refractivity contribution is 0.248. The number of nitrogens with one attached hydrogen (secondary N) is 2. The van der Waals surface area contributed by atoms with Gasteiger partial charge in [0, 0.05) is 34.7 Å². The molecular weight excluding hydrogens is 340 g/mol. The molecule has 0 saturated carbocycles. The van der Waals surface area contributed by atoms with E-state index in [1.165, 1.54) is 0 Å². The van der Waals surface area contributed by atoms with Gasteiger partial charge in [-0.15, -0.1) is 11.3 Å². The van der Waals surface area contributed by atoms with Crippen LogP contribution in [0.2, 0.25) is 0 Å². The highest BCUT2D eigenvalue weighted by Gasteiger charge is 2.05. The number of carbonyl (C=O) groups is 1. The van der Waals surface area contributed by atoms with Crippen LogP contribution in [0.3, 0.4) is 0 Å². The zero-order valence-electron chi connectivity index (χ0n) is 14.3. The first kappa shape index (κ1) is 18.8. The fourth-order valence-corrected chi connectivity index (χ4v) is 3.94. The molecule has 1 aromatic heterocycles. The van der Waals surface area contributed by atoms with Crippen LogP contribution in [-0.2, 0) is 0 Å². The molecule has 0 aliphatic carbocycles. The van der Waals surface area contributed by atoms with E-state index in [2.05, 4.69) is 34.4 Å². The summed E-state index contributed by atoms with van der Waals surface area (Å²) in [5, 5.41) is 7.78. The van der Waals surface area contributed by atoms with Crippen molar-refractivity contribution in [2.24, 2.45) is 0 Å². The molecule has 2 amide bonds. The molecule has 0 bridgehead atoms. The molecule has 24 heavy (non-hydrogen) atoms. The Morgan fingerprint density at radius 2 is 1.96 bits per heavy atom. The molecule has 0 fully saturated rings. The van der Waals surface area contributed by atoms with Gasteiger partial charge >= 0.3 is 6.03 Å². The van der Waals surface area contributed by atoms with Gasteiger partial charge in [-0.25, -0.2) is 9.78 Å². The monoisotopic (exact) mass is 364 g/mol. The van der Waals surface area contributed by atoms with Crippen LogP contribution in [0.25, 0.3) is 0 Å². The van der Waals surface area contributed by atoms with Crippen molar-refractivity contribution in [2.75, 3.05) is 31.5 Å². The van der Waals surface area contributed by atoms with E-state index < -0.39 is 0 Å². The molecule has 130 valence electrons. The number of aryl methyl sites for hydroxylation is 1. The van der Waals surface area contributed by atoms with Crippen molar-refractivity contribution in [1.82, 2.24) is 15.2 Å². The number of aromatic nitrogens is 1. The third kappa shape index (κ3) is 6.14. The molecule has 0 radical (unpaired) electrons. The van der Waals surface area contributed by atoms with Gasteiger partial charge in [0.25, 0.3) is 0 Å². The Morgan fingerprint density at radius 1 is 1.25 bits per heavy atom. The summed E-state index contributed by atoms with van der Waals surface area (Å²) in [6, 6.07) is 7.64. The van der Waals surface area contributed by atoms with Crippen molar-refractivity contribution in [2.45, 2.75) is 30.0 Å². The lowest BCUT2D eigenvalue weighted by Gasteiger charge is -2.18. The van der Waals surface area contributed by atoms with Gasteiger partial charge in [-0.05, 0) is 44.3 Å². The molecular formula is C17H24N4OS2. The van der Waals surface area contributed by atoms with Gasteiger partial charge in [-0.1, -0.05) is 25.6 Å². The summed E-state index contributed by atoms with van der Waals surface area (Å²) in [5.41, 5.74) is 1.83. The first-order valence-electron chi connectivity index (χ1n) is 8.08. The summed E-state index contributed by atoms with van der Waals surface area (Å²) in [5.74, 6) is 0. The van der Waals surface area contributed by atoms with Crippen LogP contribution in [0.4, 0.5) is 10.5 Å². The number of likely N-dealkylation sites (N-methyl/N-ethyl adjacent to an activating group) is 1. The van der Waals surface area contributed by atoms with Crippen molar-refractivity contribution in [3.05, 3.63) is 35.3 Å². The maximum Gasteiger partial charge on any atom is 0.319 e. The molecule has 0 atom stereocenters. The Labute approximate surface area is 151 Å². The first-order valence-corrected chi connectivity index (χ1v) is 9.77. The Hall–Kier alpha value is -1.57. The number of amides is 2. The van der Waals surface area contributed by atoms with Crippen molar-refractivity contribution in [3.8, 4) is 0 Å². The predicted octanol–water partition coefficient (Wildman–Crippen LogP) is 4.07. The second-order valence-electron chi connectivity index (χ2n) is 5.29. The number of anilines is 1. The highest BCUT2D eigenvalue weighted by atomic mass is 32.2. The zero-order valence-corrected chi connectivity index (χ0v) is 16.0. The third-order valence-corrected chi connectivity index (χ3v) is 5.59. The van der Waals surface area contributed by atoms with E-state index in [-0.39, 0.29) is 6.03 Å². The number of urea groups is 1. The van der Waals surface area contributed by atoms with Gasteiger partial charge in [0.05, 0.1) is 0 Å². The van der Waals surface area contributed by atoms with Gasteiger partial charge < -0.3 is 15.5 Å². The smallest absolute Gasteiger partial charge is 0.319 e. The molecule has 0 aliphatic rings. The van der Waals surface area contributed by atoms with Crippen molar-refractivity contribution < 1.29 is 4.79 Å². The summed E-state index contributed by atoms with van der Waals surface area (Å²) in [4.78, 5) is 19.7. The third-order valence-electron chi connectivity index (χ3n) is 3.52. The van der Waals surface area contributed by atoms with Gasteiger partial charge in [-0.3, -0.25) is 0 Å². The standard InChI is InChI=1S/C17H24N4OS2/c1-4-21(5-2)11-10-18-16(22)20-14-6-8-15(9-7-14)24-17-19-13(3)12-23-17/h6-9,12H,4-5,10-11H2,1-3H3,(H2,18,20,22). The van der Waals surface area contributed by atoms with Crippen LogP contribution < -0.4 is 10.6 Å². The van der Waals surface area contributed by atoms with E-state index in [0.717, 1.165) is 40.3 Å². The van der Waals surface area contributed by atoms with Crippen molar-refractivity contribution in [1.29, 1.82) is 0 Å². The number of hydrogen-bond donors (Lipinski definition) is 2. The van der Waals surface area contributed by atoms with E-state index in [0.29, 0.717) is 6.54 Å². The summed E-state index contributed by atoms with van der Waals surface area (Å²) < 4.78 is 1.03. The van der Waals surface area contributed by atoms with Crippen LogP contribution in [0, 0.1) is 6.92 Å². The highest BCUT2D eigenvalue weighted by Crippen LogP contribution is 2.30. The zero-order chi connectivity index (χ0) is 17.4. The fourth-order valence-electron chi connectivity index (χ4n) is 2.13. The average Bonchev–Trinajstić information content (AvgIpc) is 2.98. The molecule has 2 rings (SSSR count). The van der Waals surface area contributed by atoms with E-state index in [1.807, 2.05) is 36.6 Å². The molecule has 7 heteroatoms. The molecule has 2 aromatic rings. The molecule has 0 spiro atoms. The van der Waals surface area contributed by atoms with E-state index in [9.17, 15) is 4.79 Å². The molecule has 0 aliphatic heterocycles. The Morgan fingerprint density at radius 3 is 2.54 bits per heavy atom. The van der Waals surface area contributed by atoms with Crippen LogP contribution in [0.1, 0.15) is 19.5 Å². The molecule has 2 N–H and O–H groups in total. The lowest BCUT2D eigenvalue weighted by Crippen LogP contribution is -2.36. The summed E-state index contributed by atoms with van der Waals surface area (Å²) in [6.07, 6.45) is 0. The number of nitrogens with zero attached hydrogens (tertiary/aromatic N) is 2. The Balaban J connectivity index is 1.77. The van der Waals surface area contributed by atoms with Crippen molar-refractivity contribution in [3.63, 3.8) is 0 Å². The van der Waals surface area contributed by atoms with E-state index in [1.54, 1.807) is 23.1 Å². The normalized spacial score (nSPS) is 10.8. The summed E-state index contributed by atoms with van der Waals surface area (Å²) in [7, 11) is 0. The molecule has 0 saturated heterocycles. The predicted molar refractivity (Wildman–Crippen MR) is 102 cm³/mol. The van der Waals surface area contributed by atoms with Gasteiger partial charge in [-0.2, -0.15) is 0 Å².